The highest BCUT2D eigenvalue weighted by atomic mass is 16.6. The molecule has 1 heterocycles. The number of ether oxygens (including phenoxy) is 1. The van der Waals surface area contributed by atoms with Gasteiger partial charge in [0, 0.05) is 6.07 Å². The van der Waals surface area contributed by atoms with Crippen LogP contribution in [0.1, 0.15) is 28.9 Å². The third kappa shape index (κ3) is 2.79. The van der Waals surface area contributed by atoms with Crippen LogP contribution in [0.5, 0.6) is 0 Å². The van der Waals surface area contributed by atoms with Crippen LogP contribution in [-0.2, 0) is 4.74 Å². The Labute approximate surface area is 108 Å². The Balaban J connectivity index is 2.19. The molecule has 1 unspecified atom stereocenters. The van der Waals surface area contributed by atoms with Crippen molar-refractivity contribution in [3.05, 3.63) is 64.1 Å². The zero-order valence-electron chi connectivity index (χ0n) is 10.1. The van der Waals surface area contributed by atoms with Gasteiger partial charge in [-0.2, -0.15) is 0 Å². The Morgan fingerprint density at radius 2 is 2.11 bits per heavy atom. The molecule has 6 heteroatoms. The molecule has 0 saturated heterocycles. The zero-order valence-corrected chi connectivity index (χ0v) is 10.1. The van der Waals surface area contributed by atoms with Crippen LogP contribution in [-0.4, -0.2) is 10.9 Å². The van der Waals surface area contributed by atoms with E-state index in [2.05, 4.69) is 0 Å². The average molecular weight is 261 g/mol. The van der Waals surface area contributed by atoms with Crippen LogP contribution in [0.4, 0.5) is 5.69 Å². The fourth-order valence-corrected chi connectivity index (χ4v) is 1.67. The molecule has 0 aliphatic carbocycles. The quantitative estimate of drug-likeness (QED) is 0.479. The first-order valence-electron chi connectivity index (χ1n) is 5.56. The predicted molar refractivity (Wildman–Crippen MR) is 65.6 cm³/mol. The van der Waals surface area contributed by atoms with E-state index in [1.165, 1.54) is 24.7 Å². The van der Waals surface area contributed by atoms with Crippen molar-refractivity contribution in [2.24, 2.45) is 0 Å². The fraction of sp³-hybridized carbons (Fsp3) is 0.154. The number of furan rings is 1. The van der Waals surface area contributed by atoms with Gasteiger partial charge in [0.2, 0.25) is 0 Å². The highest BCUT2D eigenvalue weighted by Crippen LogP contribution is 2.27. The van der Waals surface area contributed by atoms with Crippen LogP contribution in [0.2, 0.25) is 0 Å². The molecule has 0 bridgehead atoms. The number of nitro benzene ring substituents is 1. The summed E-state index contributed by atoms with van der Waals surface area (Å²) in [6.45, 7) is 1.58. The normalized spacial score (nSPS) is 11.8. The number of carbonyl (C=O) groups excluding carboxylic acids is 1. The fourth-order valence-electron chi connectivity index (χ4n) is 1.67. The Hall–Kier alpha value is -2.63. The maximum Gasteiger partial charge on any atom is 0.342 e. The summed E-state index contributed by atoms with van der Waals surface area (Å²) in [6, 6.07) is 7.62. The summed E-state index contributed by atoms with van der Waals surface area (Å²) < 4.78 is 9.94. The minimum Gasteiger partial charge on any atom is -0.472 e. The van der Waals surface area contributed by atoms with Crippen molar-refractivity contribution in [2.45, 2.75) is 13.0 Å². The lowest BCUT2D eigenvalue weighted by molar-refractivity contribution is -0.386. The minimum atomic E-state index is -0.719. The van der Waals surface area contributed by atoms with Crippen molar-refractivity contribution in [2.75, 3.05) is 0 Å². The number of rotatable bonds is 4. The monoisotopic (exact) mass is 261 g/mol. The van der Waals surface area contributed by atoms with Crippen LogP contribution < -0.4 is 0 Å². The molecule has 1 aromatic heterocycles. The molecule has 1 atom stereocenters. The molecule has 0 radical (unpaired) electrons. The Morgan fingerprint density at radius 1 is 1.37 bits per heavy atom. The molecule has 6 nitrogen and oxygen atoms in total. The molecule has 0 spiro atoms. The van der Waals surface area contributed by atoms with Gasteiger partial charge in [-0.25, -0.2) is 4.79 Å². The number of benzene rings is 1. The van der Waals surface area contributed by atoms with Crippen LogP contribution >= 0.6 is 0 Å². The van der Waals surface area contributed by atoms with E-state index >= 15 is 0 Å². The van der Waals surface area contributed by atoms with Crippen LogP contribution in [0.3, 0.4) is 0 Å². The van der Waals surface area contributed by atoms with E-state index in [1.54, 1.807) is 25.1 Å². The maximum absolute atomic E-state index is 11.7. The van der Waals surface area contributed by atoms with Crippen molar-refractivity contribution in [3.63, 3.8) is 0 Å². The predicted octanol–water partition coefficient (Wildman–Crippen LogP) is 3.11. The van der Waals surface area contributed by atoms with E-state index in [0.29, 0.717) is 5.56 Å². The van der Waals surface area contributed by atoms with E-state index in [0.717, 1.165) is 0 Å². The van der Waals surface area contributed by atoms with Crippen LogP contribution in [0.25, 0.3) is 0 Å². The van der Waals surface area contributed by atoms with Crippen molar-refractivity contribution in [3.8, 4) is 0 Å². The van der Waals surface area contributed by atoms with Gasteiger partial charge in [0.1, 0.15) is 12.4 Å². The lowest BCUT2D eigenvalue weighted by Gasteiger charge is -2.12. The second-order valence-corrected chi connectivity index (χ2v) is 3.88. The highest BCUT2D eigenvalue weighted by Gasteiger charge is 2.22. The van der Waals surface area contributed by atoms with Gasteiger partial charge in [0.05, 0.1) is 22.3 Å². The Bertz CT molecular complexity index is 591. The largest absolute Gasteiger partial charge is 0.472 e. The molecule has 2 aromatic rings. The van der Waals surface area contributed by atoms with E-state index in [9.17, 15) is 14.9 Å². The van der Waals surface area contributed by atoms with Gasteiger partial charge in [0.15, 0.2) is 0 Å². The van der Waals surface area contributed by atoms with Gasteiger partial charge in [-0.05, 0) is 19.1 Å². The highest BCUT2D eigenvalue weighted by molar-refractivity contribution is 5.89. The molecule has 0 N–H and O–H groups in total. The second-order valence-electron chi connectivity index (χ2n) is 3.88. The summed E-state index contributed by atoms with van der Waals surface area (Å²) in [6.07, 6.45) is 1.89. The SMILES string of the molecule is CC(OC(=O)c1ccoc1)c1ccccc1[N+](=O)[O-]. The molecule has 2 rings (SSSR count). The van der Waals surface area contributed by atoms with E-state index in [1.807, 2.05) is 0 Å². The lowest BCUT2D eigenvalue weighted by atomic mass is 10.1. The second kappa shape index (κ2) is 5.34. The molecule has 0 fully saturated rings. The van der Waals surface area contributed by atoms with Crippen molar-refractivity contribution < 1.29 is 18.9 Å². The first kappa shape index (κ1) is 12.8. The topological polar surface area (TPSA) is 82.6 Å². The first-order chi connectivity index (χ1) is 9.09. The summed E-state index contributed by atoms with van der Waals surface area (Å²) in [5, 5.41) is 10.9. The summed E-state index contributed by atoms with van der Waals surface area (Å²) >= 11 is 0. The number of nitrogens with zero attached hydrogens (tertiary/aromatic N) is 1. The smallest absolute Gasteiger partial charge is 0.342 e. The van der Waals surface area contributed by atoms with Crippen LogP contribution in [0, 0.1) is 10.1 Å². The van der Waals surface area contributed by atoms with Crippen molar-refractivity contribution in [1.82, 2.24) is 0 Å². The Morgan fingerprint density at radius 3 is 2.74 bits per heavy atom. The molecule has 0 aliphatic heterocycles. The summed E-state index contributed by atoms with van der Waals surface area (Å²) in [5.74, 6) is -0.584. The van der Waals surface area contributed by atoms with E-state index in [-0.39, 0.29) is 11.3 Å². The molecular weight excluding hydrogens is 250 g/mol. The molecule has 98 valence electrons. The number of esters is 1. The third-order valence-electron chi connectivity index (χ3n) is 2.61. The van der Waals surface area contributed by atoms with Gasteiger partial charge in [-0.15, -0.1) is 0 Å². The van der Waals surface area contributed by atoms with E-state index in [4.69, 9.17) is 9.15 Å². The zero-order chi connectivity index (χ0) is 13.8. The first-order valence-corrected chi connectivity index (χ1v) is 5.56. The molecule has 0 saturated carbocycles. The number of hydrogen-bond acceptors (Lipinski definition) is 5. The van der Waals surface area contributed by atoms with Gasteiger partial charge in [-0.1, -0.05) is 12.1 Å². The van der Waals surface area contributed by atoms with Gasteiger partial charge < -0.3 is 9.15 Å². The van der Waals surface area contributed by atoms with Gasteiger partial charge in [-0.3, -0.25) is 10.1 Å². The molecular formula is C13H11NO5. The number of carbonyl (C=O) groups is 1. The standard InChI is InChI=1S/C13H11NO5/c1-9(19-13(15)10-6-7-18-8-10)11-4-2-3-5-12(11)14(16)17/h2-9H,1H3. The lowest BCUT2D eigenvalue weighted by Crippen LogP contribution is -2.10. The number of para-hydroxylation sites is 1. The summed E-state index contributed by atoms with van der Waals surface area (Å²) in [5.41, 5.74) is 0.546. The molecule has 19 heavy (non-hydrogen) atoms. The number of nitro groups is 1. The van der Waals surface area contributed by atoms with E-state index < -0.39 is 17.0 Å². The maximum atomic E-state index is 11.7. The van der Waals surface area contributed by atoms with Crippen molar-refractivity contribution in [1.29, 1.82) is 0 Å². The Kier molecular flexibility index (Phi) is 3.61. The average Bonchev–Trinajstić information content (AvgIpc) is 2.92. The van der Waals surface area contributed by atoms with Crippen LogP contribution in [0.15, 0.2) is 47.3 Å². The summed E-state index contributed by atoms with van der Waals surface area (Å²) in [7, 11) is 0. The molecule has 1 aromatic carbocycles. The molecule has 0 amide bonds. The number of hydrogen-bond donors (Lipinski definition) is 0. The van der Waals surface area contributed by atoms with Gasteiger partial charge >= 0.3 is 5.97 Å². The van der Waals surface area contributed by atoms with Crippen molar-refractivity contribution >= 4 is 11.7 Å². The summed E-state index contributed by atoms with van der Waals surface area (Å²) in [4.78, 5) is 22.1. The third-order valence-corrected chi connectivity index (χ3v) is 2.61. The minimum absolute atomic E-state index is 0.0741. The van der Waals surface area contributed by atoms with Gasteiger partial charge in [0.25, 0.3) is 5.69 Å². The molecule has 0 aliphatic rings.